The van der Waals surface area contributed by atoms with E-state index >= 15 is 0 Å². The minimum absolute atomic E-state index is 0.0676. The second kappa shape index (κ2) is 7.63. The van der Waals surface area contributed by atoms with Gasteiger partial charge in [0.25, 0.3) is 0 Å². The molecule has 11 heteroatoms. The molecule has 1 aromatic heterocycles. The van der Waals surface area contributed by atoms with Crippen LogP contribution in [0.25, 0.3) is 22.3 Å². The van der Waals surface area contributed by atoms with Crippen LogP contribution in [0.5, 0.6) is 28.7 Å². The van der Waals surface area contributed by atoms with E-state index in [0.717, 1.165) is 24.3 Å². The van der Waals surface area contributed by atoms with Crippen molar-refractivity contribution in [2.75, 3.05) is 6.61 Å². The average Bonchev–Trinajstić information content (AvgIpc) is 2.71. The van der Waals surface area contributed by atoms with Gasteiger partial charge in [0, 0.05) is 17.7 Å². The first-order chi connectivity index (χ1) is 14.7. The van der Waals surface area contributed by atoms with Crippen molar-refractivity contribution in [3.63, 3.8) is 0 Å². The molecule has 1 saturated heterocycles. The second-order valence-electron chi connectivity index (χ2n) is 7.00. The molecular weight excluding hydrogens is 416 g/mol. The Morgan fingerprint density at radius 1 is 0.903 bits per heavy atom. The summed E-state index contributed by atoms with van der Waals surface area (Å²) < 4.78 is 16.3. The van der Waals surface area contributed by atoms with Crippen LogP contribution in [0.15, 0.2) is 39.5 Å². The Balaban J connectivity index is 1.92. The van der Waals surface area contributed by atoms with Gasteiger partial charge in [0.15, 0.2) is 17.3 Å². The molecule has 1 aliphatic rings. The Bertz CT molecular complexity index is 1200. The van der Waals surface area contributed by atoms with Crippen LogP contribution in [0, 0.1) is 0 Å². The quantitative estimate of drug-likeness (QED) is 0.277. The maximum atomic E-state index is 13.1. The van der Waals surface area contributed by atoms with Gasteiger partial charge in [-0.25, -0.2) is 0 Å². The summed E-state index contributed by atoms with van der Waals surface area (Å²) in [5.41, 5.74) is -1.05. The fourth-order valence-corrected chi connectivity index (χ4v) is 3.23. The third kappa shape index (κ3) is 3.59. The molecule has 2 heterocycles. The van der Waals surface area contributed by atoms with E-state index in [2.05, 4.69) is 0 Å². The summed E-state index contributed by atoms with van der Waals surface area (Å²) in [7, 11) is 0. The van der Waals surface area contributed by atoms with Gasteiger partial charge >= 0.3 is 0 Å². The highest BCUT2D eigenvalue weighted by molar-refractivity contribution is 5.88. The molecule has 11 nitrogen and oxygen atoms in total. The molecule has 164 valence electrons. The van der Waals surface area contributed by atoms with E-state index in [1.54, 1.807) is 0 Å². The van der Waals surface area contributed by atoms with Crippen LogP contribution in [0.1, 0.15) is 0 Å². The van der Waals surface area contributed by atoms with Crippen LogP contribution in [-0.2, 0) is 4.74 Å². The fraction of sp³-hybridized carbons (Fsp3) is 0.250. The van der Waals surface area contributed by atoms with Gasteiger partial charge in [-0.3, -0.25) is 4.79 Å². The monoisotopic (exact) mass is 434 g/mol. The zero-order chi connectivity index (χ0) is 22.4. The van der Waals surface area contributed by atoms with Crippen molar-refractivity contribution in [2.24, 2.45) is 0 Å². The number of ether oxygens (including phenoxy) is 2. The van der Waals surface area contributed by atoms with E-state index in [0.29, 0.717) is 0 Å². The van der Waals surface area contributed by atoms with Crippen LogP contribution in [-0.4, -0.2) is 67.0 Å². The number of benzene rings is 2. The van der Waals surface area contributed by atoms with Gasteiger partial charge < -0.3 is 49.6 Å². The number of rotatable bonds is 3. The summed E-state index contributed by atoms with van der Waals surface area (Å²) in [6.07, 6.45) is -6.29. The first-order valence-electron chi connectivity index (χ1n) is 9.05. The highest BCUT2D eigenvalue weighted by atomic mass is 16.7. The Morgan fingerprint density at radius 2 is 1.65 bits per heavy atom. The Kier molecular flexibility index (Phi) is 5.11. The average molecular weight is 434 g/mol. The summed E-state index contributed by atoms with van der Waals surface area (Å²) in [5, 5.41) is 68.6. The van der Waals surface area contributed by atoms with Gasteiger partial charge in [-0.15, -0.1) is 0 Å². The van der Waals surface area contributed by atoms with Gasteiger partial charge in [0.1, 0.15) is 40.8 Å². The number of fused-ring (bicyclic) bond motifs is 1. The lowest BCUT2D eigenvalue weighted by Gasteiger charge is -2.34. The number of phenols is 4. The SMILES string of the molecule is O=c1c(O[C@H]2OC[C@H](O)[C@@H](O)[C@H]2O)c(-c2ccc(O)c(O)c2)oc2cc(O)cc(O)c12. The molecular formula is C20H18O11. The molecule has 0 spiro atoms. The van der Waals surface area contributed by atoms with E-state index in [9.17, 15) is 40.5 Å². The Morgan fingerprint density at radius 3 is 2.35 bits per heavy atom. The van der Waals surface area contributed by atoms with Gasteiger partial charge in [0.05, 0.1) is 6.61 Å². The summed E-state index contributed by atoms with van der Waals surface area (Å²) in [6, 6.07) is 5.50. The van der Waals surface area contributed by atoms with Crippen LogP contribution in [0.2, 0.25) is 0 Å². The van der Waals surface area contributed by atoms with E-state index in [4.69, 9.17) is 13.9 Å². The fourth-order valence-electron chi connectivity index (χ4n) is 3.23. The van der Waals surface area contributed by atoms with Crippen LogP contribution < -0.4 is 10.2 Å². The number of aliphatic hydroxyl groups is 3. The normalized spacial score (nSPS) is 23.7. The van der Waals surface area contributed by atoms with Crippen molar-refractivity contribution in [3.8, 4) is 40.1 Å². The van der Waals surface area contributed by atoms with Gasteiger partial charge in [-0.1, -0.05) is 0 Å². The van der Waals surface area contributed by atoms with Gasteiger partial charge in [-0.05, 0) is 18.2 Å². The van der Waals surface area contributed by atoms with Crippen molar-refractivity contribution in [2.45, 2.75) is 24.6 Å². The highest BCUT2D eigenvalue weighted by Gasteiger charge is 2.40. The largest absolute Gasteiger partial charge is 0.508 e. The Labute approximate surface area is 173 Å². The number of phenolic OH excluding ortho intramolecular Hbond substituents is 4. The maximum Gasteiger partial charge on any atom is 0.239 e. The first-order valence-corrected chi connectivity index (χ1v) is 9.05. The summed E-state index contributed by atoms with van der Waals surface area (Å²) in [5.74, 6) is -2.79. The molecule has 0 saturated carbocycles. The molecule has 0 radical (unpaired) electrons. The van der Waals surface area contributed by atoms with Crippen LogP contribution in [0.3, 0.4) is 0 Å². The molecule has 0 aliphatic carbocycles. The summed E-state index contributed by atoms with van der Waals surface area (Å²) in [4.78, 5) is 13.1. The number of aliphatic hydroxyl groups excluding tert-OH is 3. The number of hydrogen-bond acceptors (Lipinski definition) is 11. The molecule has 1 aliphatic heterocycles. The van der Waals surface area contributed by atoms with Crippen molar-refractivity contribution in [1.29, 1.82) is 0 Å². The minimum atomic E-state index is -1.73. The predicted molar refractivity (Wildman–Crippen MR) is 103 cm³/mol. The van der Waals surface area contributed by atoms with E-state index in [1.807, 2.05) is 0 Å². The smallest absolute Gasteiger partial charge is 0.239 e. The summed E-state index contributed by atoms with van der Waals surface area (Å²) >= 11 is 0. The van der Waals surface area contributed by atoms with Gasteiger partial charge in [-0.2, -0.15) is 0 Å². The predicted octanol–water partition coefficient (Wildman–Crippen LogP) is 0.100. The molecule has 7 N–H and O–H groups in total. The molecule has 0 unspecified atom stereocenters. The molecule has 31 heavy (non-hydrogen) atoms. The lowest BCUT2D eigenvalue weighted by molar-refractivity contribution is -0.242. The van der Waals surface area contributed by atoms with Crippen molar-refractivity contribution < 1.29 is 49.6 Å². The number of aromatic hydroxyl groups is 4. The maximum absolute atomic E-state index is 13.1. The third-order valence-corrected chi connectivity index (χ3v) is 4.84. The molecule has 1 fully saturated rings. The zero-order valence-corrected chi connectivity index (χ0v) is 15.7. The lowest BCUT2D eigenvalue weighted by atomic mass is 10.1. The molecule has 4 rings (SSSR count). The lowest BCUT2D eigenvalue weighted by Crippen LogP contribution is -2.55. The van der Waals surface area contributed by atoms with Crippen molar-refractivity contribution in [1.82, 2.24) is 0 Å². The first kappa shape index (κ1) is 20.8. The van der Waals surface area contributed by atoms with Crippen molar-refractivity contribution >= 4 is 11.0 Å². The standard InChI is InChI=1S/C20H18O11/c21-8-4-11(24)14-13(5-8)30-18(7-1-2-9(22)10(23)3-7)19(16(14)27)31-20-17(28)15(26)12(25)6-29-20/h1-5,12,15,17,20-26,28H,6H2/t12-,15+,17+,20+/m0/s1. The highest BCUT2D eigenvalue weighted by Crippen LogP contribution is 2.39. The Hall–Kier alpha value is -3.51. The molecule has 3 aromatic rings. The third-order valence-electron chi connectivity index (χ3n) is 4.84. The van der Waals surface area contributed by atoms with E-state index < -0.39 is 59.6 Å². The number of hydrogen-bond donors (Lipinski definition) is 7. The van der Waals surface area contributed by atoms with Crippen LogP contribution >= 0.6 is 0 Å². The minimum Gasteiger partial charge on any atom is -0.508 e. The van der Waals surface area contributed by atoms with Gasteiger partial charge in [0.2, 0.25) is 17.5 Å². The second-order valence-corrected chi connectivity index (χ2v) is 7.00. The molecule has 2 aromatic carbocycles. The topological polar surface area (TPSA) is 190 Å². The van der Waals surface area contributed by atoms with E-state index in [1.165, 1.54) is 6.07 Å². The zero-order valence-electron chi connectivity index (χ0n) is 15.7. The van der Waals surface area contributed by atoms with Crippen LogP contribution in [0.4, 0.5) is 0 Å². The molecule has 4 atom stereocenters. The van der Waals surface area contributed by atoms with Crippen molar-refractivity contribution in [3.05, 3.63) is 40.6 Å². The summed E-state index contributed by atoms with van der Waals surface area (Å²) in [6.45, 7) is -0.393. The molecule has 0 bridgehead atoms. The van der Waals surface area contributed by atoms with E-state index in [-0.39, 0.29) is 28.0 Å². The molecule has 0 amide bonds.